The zero-order valence-corrected chi connectivity index (χ0v) is 14.1. The summed E-state index contributed by atoms with van der Waals surface area (Å²) in [5, 5.41) is 0. The molecule has 0 N–H and O–H groups in total. The van der Waals surface area contributed by atoms with Crippen LogP contribution in [0.25, 0.3) is 0 Å². The fourth-order valence-corrected chi connectivity index (χ4v) is 6.63. The van der Waals surface area contributed by atoms with E-state index >= 15 is 0 Å². The lowest BCUT2D eigenvalue weighted by Gasteiger charge is -2.57. The largest absolute Gasteiger partial charge is 0.300 e. The Balaban J connectivity index is 1.74. The van der Waals surface area contributed by atoms with E-state index in [4.69, 9.17) is 0 Å². The maximum absolute atomic E-state index is 12.5. The van der Waals surface area contributed by atoms with Crippen molar-refractivity contribution >= 4 is 18.3 Å². The van der Waals surface area contributed by atoms with Crippen molar-refractivity contribution in [2.45, 2.75) is 58.3 Å². The molecule has 0 unspecified atom stereocenters. The Hall–Kier alpha value is -1.25. The van der Waals surface area contributed by atoms with Crippen molar-refractivity contribution in [2.75, 3.05) is 6.54 Å². The zero-order valence-electron chi connectivity index (χ0n) is 14.1. The molecule has 5 atom stereocenters. The number of Topliss-reactive ketones (excluding diaryl/α,β-unsaturated/α-hetero) is 1. The van der Waals surface area contributed by atoms with E-state index in [1.807, 2.05) is 6.08 Å². The minimum absolute atomic E-state index is 0.0611. The van der Waals surface area contributed by atoms with Gasteiger partial charge in [-0.05, 0) is 69.1 Å². The molecule has 0 spiro atoms. The molecule has 0 aliphatic heterocycles. The smallest absolute Gasteiger partial charge is 0.155 e. The fourth-order valence-electron chi connectivity index (χ4n) is 6.63. The third kappa shape index (κ3) is 1.98. The predicted molar refractivity (Wildman–Crippen MR) is 90.5 cm³/mol. The summed E-state index contributed by atoms with van der Waals surface area (Å²) in [6, 6.07) is 0. The van der Waals surface area contributed by atoms with Gasteiger partial charge in [-0.15, -0.1) is 0 Å². The number of rotatable bonds is 2. The average Bonchev–Trinajstić information content (AvgIpc) is 2.84. The van der Waals surface area contributed by atoms with Gasteiger partial charge in [-0.3, -0.25) is 9.59 Å². The van der Waals surface area contributed by atoms with Crippen LogP contribution in [0, 0.1) is 28.6 Å². The number of hydrogen-bond donors (Lipinski definition) is 0. The molecule has 4 aliphatic rings. The van der Waals surface area contributed by atoms with Crippen molar-refractivity contribution in [3.63, 3.8) is 0 Å². The minimum Gasteiger partial charge on any atom is -0.300 e. The molecule has 4 aliphatic carbocycles. The van der Waals surface area contributed by atoms with Gasteiger partial charge in [-0.1, -0.05) is 12.5 Å². The summed E-state index contributed by atoms with van der Waals surface area (Å²) in [7, 11) is 0. The van der Waals surface area contributed by atoms with Crippen molar-refractivity contribution < 1.29 is 9.59 Å². The van der Waals surface area contributed by atoms with Gasteiger partial charge >= 0.3 is 0 Å². The second-order valence-corrected chi connectivity index (χ2v) is 8.51. The van der Waals surface area contributed by atoms with Gasteiger partial charge in [-0.25, -0.2) is 0 Å². The van der Waals surface area contributed by atoms with Crippen molar-refractivity contribution in [1.82, 2.24) is 0 Å². The number of nitrogens with zero attached hydrogens (tertiary/aromatic N) is 1. The Morgan fingerprint density at radius 2 is 1.96 bits per heavy atom. The minimum atomic E-state index is -0.0737. The van der Waals surface area contributed by atoms with Crippen LogP contribution in [0.4, 0.5) is 0 Å². The molecule has 0 aromatic rings. The first kappa shape index (κ1) is 15.3. The summed E-state index contributed by atoms with van der Waals surface area (Å²) in [5.41, 5.74) is 1.33. The van der Waals surface area contributed by atoms with E-state index in [0.717, 1.165) is 51.5 Å². The van der Waals surface area contributed by atoms with E-state index in [1.54, 1.807) is 0 Å². The summed E-state index contributed by atoms with van der Waals surface area (Å²) < 4.78 is 0. The summed E-state index contributed by atoms with van der Waals surface area (Å²) in [4.78, 5) is 28.7. The summed E-state index contributed by atoms with van der Waals surface area (Å²) >= 11 is 0. The monoisotopic (exact) mass is 313 g/mol. The maximum Gasteiger partial charge on any atom is 0.155 e. The Labute approximate surface area is 138 Å². The third-order valence-electron chi connectivity index (χ3n) is 7.79. The van der Waals surface area contributed by atoms with E-state index in [-0.39, 0.29) is 16.6 Å². The average molecular weight is 313 g/mol. The Bertz CT molecular complexity index is 607. The van der Waals surface area contributed by atoms with E-state index in [2.05, 4.69) is 18.6 Å². The van der Waals surface area contributed by atoms with Crippen LogP contribution in [0.1, 0.15) is 58.3 Å². The molecule has 3 saturated carbocycles. The lowest BCUT2D eigenvalue weighted by Crippen LogP contribution is -2.52. The molecule has 0 aromatic heterocycles. The maximum atomic E-state index is 12.5. The highest BCUT2D eigenvalue weighted by atomic mass is 16.1. The number of ketones is 2. The molecular formula is C20H27NO2. The highest BCUT2D eigenvalue weighted by molar-refractivity contribution is 5.92. The molecular weight excluding hydrogens is 286 g/mol. The summed E-state index contributed by atoms with van der Waals surface area (Å²) in [5.74, 6) is 2.55. The number of hydrogen-bond acceptors (Lipinski definition) is 3. The molecule has 23 heavy (non-hydrogen) atoms. The fraction of sp³-hybridized carbons (Fsp3) is 0.750. The van der Waals surface area contributed by atoms with Gasteiger partial charge in [0.1, 0.15) is 5.78 Å². The first-order valence-corrected chi connectivity index (χ1v) is 9.21. The topological polar surface area (TPSA) is 46.5 Å². The summed E-state index contributed by atoms with van der Waals surface area (Å²) in [6.45, 7) is 6.75. The van der Waals surface area contributed by atoms with E-state index in [9.17, 15) is 9.59 Å². The molecule has 0 radical (unpaired) electrons. The molecule has 0 aromatic carbocycles. The molecule has 124 valence electrons. The number of carbonyl (C=O) groups excluding carboxylic acids is 2. The Morgan fingerprint density at radius 3 is 2.74 bits per heavy atom. The van der Waals surface area contributed by atoms with Crippen molar-refractivity contribution in [3.8, 4) is 0 Å². The molecule has 0 heterocycles. The quantitative estimate of drug-likeness (QED) is 0.729. The summed E-state index contributed by atoms with van der Waals surface area (Å²) in [6.07, 6.45) is 9.68. The molecule has 0 bridgehead atoms. The van der Waals surface area contributed by atoms with Crippen LogP contribution in [-0.4, -0.2) is 24.8 Å². The molecule has 3 nitrogen and oxygen atoms in total. The van der Waals surface area contributed by atoms with Crippen LogP contribution < -0.4 is 0 Å². The number of fused-ring (bicyclic) bond motifs is 5. The first-order valence-electron chi connectivity index (χ1n) is 9.21. The van der Waals surface area contributed by atoms with Gasteiger partial charge in [0.05, 0.1) is 0 Å². The van der Waals surface area contributed by atoms with E-state index in [0.29, 0.717) is 30.0 Å². The Morgan fingerprint density at radius 1 is 1.13 bits per heavy atom. The molecule has 4 rings (SSSR count). The van der Waals surface area contributed by atoms with Crippen molar-refractivity contribution in [2.24, 2.45) is 33.6 Å². The molecule has 0 saturated heterocycles. The lowest BCUT2D eigenvalue weighted by molar-refractivity contribution is -0.132. The van der Waals surface area contributed by atoms with Gasteiger partial charge in [0, 0.05) is 30.2 Å². The van der Waals surface area contributed by atoms with Crippen LogP contribution in [-0.2, 0) is 9.59 Å². The van der Waals surface area contributed by atoms with E-state index < -0.39 is 0 Å². The number of aliphatic imine (C=N–C) groups is 1. The van der Waals surface area contributed by atoms with Crippen LogP contribution in [0.5, 0.6) is 0 Å². The standard InChI is InChI=1S/C20H27NO2/c1-19-9-8-17-15(16(19)5-6-18(19)23)4-3-13-11-14(22)7-10-20(13,17)12-21-2/h11,15-17H,2-10,12H2,1H3/t15-,16-,17-,19-,20+/m0/s1. The lowest BCUT2D eigenvalue weighted by atomic mass is 9.47. The van der Waals surface area contributed by atoms with Gasteiger partial charge in [0.15, 0.2) is 5.78 Å². The van der Waals surface area contributed by atoms with Gasteiger partial charge in [0.2, 0.25) is 0 Å². The molecule has 0 amide bonds. The number of carbonyl (C=O) groups is 2. The van der Waals surface area contributed by atoms with Gasteiger partial charge in [0.25, 0.3) is 0 Å². The predicted octanol–water partition coefficient (Wildman–Crippen LogP) is 3.77. The van der Waals surface area contributed by atoms with Gasteiger partial charge < -0.3 is 4.99 Å². The van der Waals surface area contributed by atoms with Crippen LogP contribution in [0.3, 0.4) is 0 Å². The van der Waals surface area contributed by atoms with Crippen LogP contribution >= 0.6 is 0 Å². The first-order chi connectivity index (χ1) is 11.0. The third-order valence-corrected chi connectivity index (χ3v) is 7.79. The highest BCUT2D eigenvalue weighted by Crippen LogP contribution is 2.64. The molecule has 3 fully saturated rings. The SMILES string of the molecule is C=NC[C@]12CCC(=O)C=C1CC[C@@H]1[C@@H]2CC[C@]2(C)C(=O)CC[C@@H]12. The van der Waals surface area contributed by atoms with E-state index in [1.165, 1.54) is 5.57 Å². The second kappa shape index (κ2) is 5.12. The van der Waals surface area contributed by atoms with Crippen LogP contribution in [0.15, 0.2) is 16.6 Å². The zero-order chi connectivity index (χ0) is 16.2. The van der Waals surface area contributed by atoms with Crippen molar-refractivity contribution in [1.29, 1.82) is 0 Å². The second-order valence-electron chi connectivity index (χ2n) is 8.51. The van der Waals surface area contributed by atoms with Gasteiger partial charge in [-0.2, -0.15) is 0 Å². The normalized spacial score (nSPS) is 45.8. The van der Waals surface area contributed by atoms with Crippen LogP contribution in [0.2, 0.25) is 0 Å². The van der Waals surface area contributed by atoms with Crippen molar-refractivity contribution in [3.05, 3.63) is 11.6 Å². The molecule has 3 heteroatoms. The Kier molecular flexibility index (Phi) is 3.40. The highest BCUT2D eigenvalue weighted by Gasteiger charge is 2.60.